The van der Waals surface area contributed by atoms with Crippen molar-refractivity contribution in [3.05, 3.63) is 0 Å². The van der Waals surface area contributed by atoms with Gasteiger partial charge >= 0.3 is 11.9 Å². The van der Waals surface area contributed by atoms with Gasteiger partial charge in [0.25, 0.3) is 0 Å². The van der Waals surface area contributed by atoms with E-state index in [4.69, 9.17) is 9.47 Å². The minimum Gasteiger partial charge on any atom is -0.465 e. The van der Waals surface area contributed by atoms with Gasteiger partial charge in [-0.3, -0.25) is 14.9 Å². The van der Waals surface area contributed by atoms with E-state index < -0.39 is 0 Å². The Kier molecular flexibility index (Phi) is 8.26. The van der Waals surface area contributed by atoms with Crippen molar-refractivity contribution in [2.24, 2.45) is 0 Å². The molecule has 0 bridgehead atoms. The first-order valence-corrected chi connectivity index (χ1v) is 7.78. The van der Waals surface area contributed by atoms with Gasteiger partial charge in [-0.1, -0.05) is 26.7 Å². The molecule has 0 aromatic rings. The molecular formula is C15H27NO4. The Morgan fingerprint density at radius 1 is 0.950 bits per heavy atom. The van der Waals surface area contributed by atoms with Crippen molar-refractivity contribution in [2.75, 3.05) is 13.2 Å². The summed E-state index contributed by atoms with van der Waals surface area (Å²) in [4.78, 5) is 23.7. The van der Waals surface area contributed by atoms with E-state index in [0.717, 1.165) is 44.9 Å². The lowest BCUT2D eigenvalue weighted by atomic mass is 9.98. The number of unbranched alkanes of at least 4 members (excludes halogenated alkanes) is 2. The third-order valence-corrected chi connectivity index (χ3v) is 3.44. The van der Waals surface area contributed by atoms with Crippen LogP contribution >= 0.6 is 0 Å². The standard InChI is InChI=1S/C15H27NO4/c1-3-5-10-19-14(17)12-8-7-9-13(16-12)15(18)20-11-6-4-2/h12-13,16H,3-11H2,1-2H3/t12-,13-/m1/s1. The first-order chi connectivity index (χ1) is 9.69. The Bertz CT molecular complexity index is 278. The molecule has 0 unspecified atom stereocenters. The van der Waals surface area contributed by atoms with Gasteiger partial charge in [-0.05, 0) is 32.1 Å². The Morgan fingerprint density at radius 3 is 1.80 bits per heavy atom. The third-order valence-electron chi connectivity index (χ3n) is 3.44. The van der Waals surface area contributed by atoms with Crippen LogP contribution in [0.5, 0.6) is 0 Å². The van der Waals surface area contributed by atoms with E-state index in [1.165, 1.54) is 0 Å². The number of nitrogens with one attached hydrogen (secondary N) is 1. The second kappa shape index (κ2) is 9.75. The van der Waals surface area contributed by atoms with E-state index in [-0.39, 0.29) is 24.0 Å². The van der Waals surface area contributed by atoms with Gasteiger partial charge in [0.15, 0.2) is 0 Å². The smallest absolute Gasteiger partial charge is 0.323 e. The molecule has 1 rings (SSSR count). The molecule has 0 saturated carbocycles. The molecule has 1 fully saturated rings. The van der Waals surface area contributed by atoms with Crippen molar-refractivity contribution in [1.82, 2.24) is 5.32 Å². The van der Waals surface area contributed by atoms with Crippen LogP contribution in [-0.2, 0) is 19.1 Å². The molecule has 1 aliphatic heterocycles. The Morgan fingerprint density at radius 2 is 1.40 bits per heavy atom. The van der Waals surface area contributed by atoms with E-state index in [9.17, 15) is 9.59 Å². The average Bonchev–Trinajstić information content (AvgIpc) is 2.47. The minimum atomic E-state index is -0.371. The third kappa shape index (κ3) is 5.90. The summed E-state index contributed by atoms with van der Waals surface area (Å²) in [7, 11) is 0. The van der Waals surface area contributed by atoms with Crippen LogP contribution in [0.3, 0.4) is 0 Å². The normalized spacial score (nSPS) is 22.3. The highest BCUT2D eigenvalue weighted by atomic mass is 16.5. The van der Waals surface area contributed by atoms with E-state index in [2.05, 4.69) is 19.2 Å². The van der Waals surface area contributed by atoms with E-state index in [0.29, 0.717) is 13.2 Å². The van der Waals surface area contributed by atoms with Crippen LogP contribution in [0, 0.1) is 0 Å². The van der Waals surface area contributed by atoms with Crippen LogP contribution < -0.4 is 5.32 Å². The maximum Gasteiger partial charge on any atom is 0.323 e. The van der Waals surface area contributed by atoms with Gasteiger partial charge < -0.3 is 9.47 Å². The van der Waals surface area contributed by atoms with Gasteiger partial charge in [-0.2, -0.15) is 0 Å². The van der Waals surface area contributed by atoms with Gasteiger partial charge in [-0.15, -0.1) is 0 Å². The highest BCUT2D eigenvalue weighted by Crippen LogP contribution is 2.15. The Balaban J connectivity index is 2.33. The monoisotopic (exact) mass is 285 g/mol. The Hall–Kier alpha value is -1.10. The first-order valence-electron chi connectivity index (χ1n) is 7.78. The molecule has 1 aliphatic rings. The molecule has 0 aromatic carbocycles. The molecule has 0 radical (unpaired) electrons. The van der Waals surface area contributed by atoms with Crippen molar-refractivity contribution in [3.63, 3.8) is 0 Å². The second-order valence-corrected chi connectivity index (χ2v) is 5.24. The molecule has 1 saturated heterocycles. The molecule has 1 N–H and O–H groups in total. The molecule has 5 nitrogen and oxygen atoms in total. The zero-order chi connectivity index (χ0) is 14.8. The molecule has 2 atom stereocenters. The molecule has 0 aliphatic carbocycles. The number of hydrogen-bond acceptors (Lipinski definition) is 5. The van der Waals surface area contributed by atoms with Crippen LogP contribution in [-0.4, -0.2) is 37.2 Å². The van der Waals surface area contributed by atoms with Crippen LogP contribution in [0.1, 0.15) is 58.8 Å². The lowest BCUT2D eigenvalue weighted by molar-refractivity contribution is -0.151. The molecule has 20 heavy (non-hydrogen) atoms. The summed E-state index contributed by atoms with van der Waals surface area (Å²) in [6.45, 7) is 5.02. The number of carbonyl (C=O) groups is 2. The molecule has 5 heteroatoms. The van der Waals surface area contributed by atoms with Gasteiger partial charge in [0.05, 0.1) is 13.2 Å². The van der Waals surface area contributed by atoms with Crippen molar-refractivity contribution >= 4 is 11.9 Å². The molecule has 116 valence electrons. The van der Waals surface area contributed by atoms with Crippen LogP contribution in [0.4, 0.5) is 0 Å². The number of rotatable bonds is 8. The number of carbonyl (C=O) groups excluding carboxylic acids is 2. The summed E-state index contributed by atoms with van der Waals surface area (Å²) < 4.78 is 10.4. The molecular weight excluding hydrogens is 258 g/mol. The summed E-state index contributed by atoms with van der Waals surface area (Å²) in [5, 5.41) is 3.06. The van der Waals surface area contributed by atoms with E-state index in [1.807, 2.05) is 0 Å². The van der Waals surface area contributed by atoms with Crippen LogP contribution in [0.15, 0.2) is 0 Å². The van der Waals surface area contributed by atoms with Crippen molar-refractivity contribution in [1.29, 1.82) is 0 Å². The summed E-state index contributed by atoms with van der Waals surface area (Å²) in [5.41, 5.74) is 0. The fourth-order valence-corrected chi connectivity index (χ4v) is 2.14. The molecule has 1 heterocycles. The number of ether oxygens (including phenoxy) is 2. The summed E-state index contributed by atoms with van der Waals surface area (Å²) in [5.74, 6) is -0.492. The highest BCUT2D eigenvalue weighted by Gasteiger charge is 2.31. The summed E-state index contributed by atoms with van der Waals surface area (Å²) >= 11 is 0. The quantitative estimate of drug-likeness (QED) is 0.547. The fourth-order valence-electron chi connectivity index (χ4n) is 2.14. The predicted molar refractivity (Wildman–Crippen MR) is 76.3 cm³/mol. The van der Waals surface area contributed by atoms with Crippen molar-refractivity contribution < 1.29 is 19.1 Å². The van der Waals surface area contributed by atoms with Crippen LogP contribution in [0.25, 0.3) is 0 Å². The topological polar surface area (TPSA) is 64.6 Å². The van der Waals surface area contributed by atoms with Gasteiger partial charge in [0.2, 0.25) is 0 Å². The zero-order valence-corrected chi connectivity index (χ0v) is 12.7. The number of esters is 2. The predicted octanol–water partition coefficient (Wildman–Crippen LogP) is 2.18. The number of hydrogen-bond donors (Lipinski definition) is 1. The van der Waals surface area contributed by atoms with E-state index in [1.54, 1.807) is 0 Å². The van der Waals surface area contributed by atoms with Gasteiger partial charge in [0, 0.05) is 0 Å². The molecule has 0 aromatic heterocycles. The van der Waals surface area contributed by atoms with Crippen molar-refractivity contribution in [2.45, 2.75) is 70.9 Å². The summed E-state index contributed by atoms with van der Waals surface area (Å²) in [6, 6.07) is -0.742. The molecule has 0 amide bonds. The SMILES string of the molecule is CCCCOC(=O)[C@H]1CCC[C@H](C(=O)OCCCC)N1. The average molecular weight is 285 g/mol. The minimum absolute atomic E-state index is 0.246. The first kappa shape index (κ1) is 17.0. The fraction of sp³-hybridized carbons (Fsp3) is 0.867. The van der Waals surface area contributed by atoms with E-state index >= 15 is 0 Å². The van der Waals surface area contributed by atoms with Crippen molar-refractivity contribution in [3.8, 4) is 0 Å². The highest BCUT2D eigenvalue weighted by molar-refractivity contribution is 5.80. The van der Waals surface area contributed by atoms with Crippen LogP contribution in [0.2, 0.25) is 0 Å². The maximum absolute atomic E-state index is 11.9. The van der Waals surface area contributed by atoms with Gasteiger partial charge in [-0.25, -0.2) is 0 Å². The maximum atomic E-state index is 11.9. The summed E-state index contributed by atoms with van der Waals surface area (Å²) in [6.07, 6.45) is 6.04. The lowest BCUT2D eigenvalue weighted by Gasteiger charge is -2.28. The van der Waals surface area contributed by atoms with Gasteiger partial charge in [0.1, 0.15) is 12.1 Å². The largest absolute Gasteiger partial charge is 0.465 e. The second-order valence-electron chi connectivity index (χ2n) is 5.24. The Labute approximate surface area is 121 Å². The number of piperidine rings is 1. The lowest BCUT2D eigenvalue weighted by Crippen LogP contribution is -2.51. The zero-order valence-electron chi connectivity index (χ0n) is 12.7. The molecule has 0 spiro atoms.